The monoisotopic (exact) mass is 1120 g/mol. The number of esters is 2. The standard InChI is InChI=1S/C52H98N2O19P2/c1-5-9-13-17-21-25-29-33-41(56)53-45-49(70-43(58)35-31-27-23-19-15-11-7-3)47(60)40(69-52(45)73-75(64,65)66)38-67-51-46(54-42(57)34-30-26-22-18-14-10-6-2)50(48(39(37-55)68-51)72-74(61,62)63)71-44(59)36-32-28-24-20-16-12-8-4/h39-40,45-52,55,60H,5-38H2,1-4H3,(H,53,56)(H,54,57)(H2,61,62,63)(H2,64,65,66)/t39-,40-,45-,46-,47-,48-,49-,50-,51-,52-/m1/s1. The topological polar surface area (TPSA) is 312 Å². The molecule has 0 saturated carbocycles. The predicted octanol–water partition coefficient (Wildman–Crippen LogP) is 8.75. The van der Waals surface area contributed by atoms with Crippen LogP contribution in [0.4, 0.5) is 0 Å². The summed E-state index contributed by atoms with van der Waals surface area (Å²) in [6.45, 7) is 6.71. The normalized spacial score (nSPS) is 24.2. The number of carbonyl (C=O) groups is 4. The summed E-state index contributed by atoms with van der Waals surface area (Å²) >= 11 is 0. The van der Waals surface area contributed by atoms with E-state index in [0.717, 1.165) is 148 Å². The van der Waals surface area contributed by atoms with Gasteiger partial charge in [-0.25, -0.2) is 9.13 Å². The summed E-state index contributed by atoms with van der Waals surface area (Å²) in [5.41, 5.74) is 0. The van der Waals surface area contributed by atoms with Crippen LogP contribution in [0.25, 0.3) is 0 Å². The number of unbranched alkanes of at least 4 members (excludes halogenated alkanes) is 24. The summed E-state index contributed by atoms with van der Waals surface area (Å²) in [4.78, 5) is 94.5. The lowest BCUT2D eigenvalue weighted by Gasteiger charge is -2.46. The van der Waals surface area contributed by atoms with Crippen LogP contribution in [0.2, 0.25) is 0 Å². The minimum atomic E-state index is -5.43. The van der Waals surface area contributed by atoms with Gasteiger partial charge in [-0.3, -0.25) is 28.2 Å². The van der Waals surface area contributed by atoms with Crippen molar-refractivity contribution < 1.29 is 90.8 Å². The van der Waals surface area contributed by atoms with Crippen molar-refractivity contribution in [2.75, 3.05) is 13.2 Å². The van der Waals surface area contributed by atoms with Gasteiger partial charge >= 0.3 is 27.6 Å². The molecule has 2 rings (SSSR count). The SMILES string of the molecule is CCCCCCCCCC(=O)N[C@H]1[C@H](OC[C@H]2O[C@H](OP(=O)(O)O)[C@H](NC(=O)CCCCCCCCC)[C@@H](OC(=O)CCCCCCCCC)[C@@H]2O)O[C@H](CO)[C@@H](OP(=O)(O)O)[C@@H]1OC(=O)CCCCCCCCC. The maximum Gasteiger partial charge on any atom is 0.472 e. The van der Waals surface area contributed by atoms with Crippen LogP contribution in [0.3, 0.4) is 0 Å². The van der Waals surface area contributed by atoms with Crippen LogP contribution in [0.5, 0.6) is 0 Å². The van der Waals surface area contributed by atoms with Gasteiger partial charge in [0.2, 0.25) is 11.8 Å². The molecule has 2 aliphatic heterocycles. The van der Waals surface area contributed by atoms with E-state index in [0.29, 0.717) is 32.1 Å². The van der Waals surface area contributed by atoms with Crippen molar-refractivity contribution in [2.24, 2.45) is 0 Å². The van der Waals surface area contributed by atoms with Gasteiger partial charge in [-0.2, -0.15) is 0 Å². The lowest BCUT2D eigenvalue weighted by atomic mass is 9.95. The number of nitrogens with one attached hydrogen (secondary N) is 2. The molecule has 2 amide bonds. The molecule has 0 radical (unpaired) electrons. The molecule has 0 aromatic heterocycles. The summed E-state index contributed by atoms with van der Waals surface area (Å²) in [6, 6.07) is -3.20. The first-order valence-electron chi connectivity index (χ1n) is 28.5. The van der Waals surface area contributed by atoms with Crippen LogP contribution in [0, 0.1) is 0 Å². The second kappa shape index (κ2) is 40.1. The minimum Gasteiger partial charge on any atom is -0.457 e. The maximum absolute atomic E-state index is 13.7. The Hall–Kier alpha value is -2.10. The van der Waals surface area contributed by atoms with Crippen molar-refractivity contribution in [3.63, 3.8) is 0 Å². The van der Waals surface area contributed by atoms with Gasteiger partial charge in [-0.15, -0.1) is 0 Å². The number of phosphoric acid groups is 2. The van der Waals surface area contributed by atoms with E-state index in [1.54, 1.807) is 0 Å². The lowest BCUT2D eigenvalue weighted by molar-refractivity contribution is -0.296. The summed E-state index contributed by atoms with van der Waals surface area (Å²) in [6.07, 6.45) is 10.7. The van der Waals surface area contributed by atoms with Gasteiger partial charge in [0.05, 0.1) is 13.2 Å². The van der Waals surface area contributed by atoms with Gasteiger partial charge < -0.3 is 64.1 Å². The first kappa shape index (κ1) is 69.0. The number of hydrogen-bond acceptors (Lipinski definition) is 15. The first-order valence-corrected chi connectivity index (χ1v) is 31.6. The maximum atomic E-state index is 13.7. The average molecular weight is 1120 g/mol. The molecule has 0 spiro atoms. The van der Waals surface area contributed by atoms with Crippen LogP contribution < -0.4 is 10.6 Å². The highest BCUT2D eigenvalue weighted by atomic mass is 31.2. The van der Waals surface area contributed by atoms with Gasteiger partial charge in [0.1, 0.15) is 36.5 Å². The van der Waals surface area contributed by atoms with E-state index in [4.69, 9.17) is 32.7 Å². The second-order valence-corrected chi connectivity index (χ2v) is 22.7. The van der Waals surface area contributed by atoms with E-state index in [1.807, 2.05) is 0 Å². The fourth-order valence-electron chi connectivity index (χ4n) is 9.41. The molecule has 0 aromatic rings. The smallest absolute Gasteiger partial charge is 0.457 e. The zero-order valence-corrected chi connectivity index (χ0v) is 47.5. The van der Waals surface area contributed by atoms with Gasteiger partial charge in [0.25, 0.3) is 0 Å². The zero-order chi connectivity index (χ0) is 55.5. The Labute approximate surface area is 447 Å². The van der Waals surface area contributed by atoms with Crippen molar-refractivity contribution in [1.29, 1.82) is 0 Å². The Balaban J connectivity index is 2.52. The quantitative estimate of drug-likeness (QED) is 0.0161. The lowest BCUT2D eigenvalue weighted by Crippen LogP contribution is -2.68. The fourth-order valence-corrected chi connectivity index (χ4v) is 10.4. The third-order valence-electron chi connectivity index (χ3n) is 13.6. The number of phosphoric ester groups is 2. The molecule has 0 aromatic carbocycles. The fraction of sp³-hybridized carbons (Fsp3) is 0.923. The molecule has 23 heteroatoms. The highest BCUT2D eigenvalue weighted by Gasteiger charge is 2.54. The molecule has 0 unspecified atom stereocenters. The Bertz CT molecular complexity index is 1650. The molecule has 8 N–H and O–H groups in total. The van der Waals surface area contributed by atoms with Crippen LogP contribution >= 0.6 is 15.6 Å². The molecule has 2 fully saturated rings. The Morgan fingerprint density at radius 1 is 0.453 bits per heavy atom. The molecule has 10 atom stereocenters. The summed E-state index contributed by atoms with van der Waals surface area (Å²) in [5, 5.41) is 27.9. The Kier molecular flexibility index (Phi) is 36.9. The zero-order valence-electron chi connectivity index (χ0n) is 45.7. The van der Waals surface area contributed by atoms with Crippen LogP contribution in [-0.4, -0.2) is 128 Å². The van der Waals surface area contributed by atoms with Gasteiger partial charge in [0, 0.05) is 25.7 Å². The van der Waals surface area contributed by atoms with E-state index in [1.165, 1.54) is 0 Å². The number of hydrogen-bond donors (Lipinski definition) is 8. The number of aliphatic hydroxyl groups excluding tert-OH is 2. The molecule has 2 aliphatic rings. The number of ether oxygens (including phenoxy) is 5. The molecule has 21 nitrogen and oxygen atoms in total. The van der Waals surface area contributed by atoms with E-state index in [-0.39, 0.29) is 25.7 Å². The molecule has 75 heavy (non-hydrogen) atoms. The van der Waals surface area contributed by atoms with Crippen molar-refractivity contribution in [1.82, 2.24) is 10.6 Å². The number of aliphatic hydroxyl groups is 2. The highest BCUT2D eigenvalue weighted by Crippen LogP contribution is 2.43. The second-order valence-electron chi connectivity index (χ2n) is 20.3. The molecule has 0 bridgehead atoms. The van der Waals surface area contributed by atoms with Crippen molar-refractivity contribution in [3.05, 3.63) is 0 Å². The summed E-state index contributed by atoms with van der Waals surface area (Å²) < 4.78 is 65.0. The van der Waals surface area contributed by atoms with Crippen molar-refractivity contribution in [3.8, 4) is 0 Å². The van der Waals surface area contributed by atoms with Gasteiger partial charge in [0.15, 0.2) is 24.8 Å². The van der Waals surface area contributed by atoms with E-state index >= 15 is 0 Å². The number of amides is 2. The van der Waals surface area contributed by atoms with Crippen LogP contribution in [0.1, 0.15) is 233 Å². The van der Waals surface area contributed by atoms with Crippen molar-refractivity contribution >= 4 is 39.4 Å². The third kappa shape index (κ3) is 30.7. The largest absolute Gasteiger partial charge is 0.472 e. The Morgan fingerprint density at radius 2 is 0.800 bits per heavy atom. The summed E-state index contributed by atoms with van der Waals surface area (Å²) in [5.74, 6) is -2.70. The molecular formula is C52H98N2O19P2. The summed E-state index contributed by atoms with van der Waals surface area (Å²) in [7, 11) is -10.8. The predicted molar refractivity (Wildman–Crippen MR) is 280 cm³/mol. The molecule has 2 saturated heterocycles. The average Bonchev–Trinajstić information content (AvgIpc) is 3.34. The van der Waals surface area contributed by atoms with Crippen LogP contribution in [0.15, 0.2) is 0 Å². The van der Waals surface area contributed by atoms with E-state index < -0.39 is 114 Å². The third-order valence-corrected chi connectivity index (χ3v) is 14.6. The molecule has 440 valence electrons. The van der Waals surface area contributed by atoms with Gasteiger partial charge in [-0.05, 0) is 25.7 Å². The number of carbonyl (C=O) groups excluding carboxylic acids is 4. The van der Waals surface area contributed by atoms with E-state index in [9.17, 15) is 58.1 Å². The minimum absolute atomic E-state index is 0.00284. The van der Waals surface area contributed by atoms with E-state index in [2.05, 4.69) is 38.3 Å². The Morgan fingerprint density at radius 3 is 1.19 bits per heavy atom. The van der Waals surface area contributed by atoms with Gasteiger partial charge in [-0.1, -0.05) is 182 Å². The van der Waals surface area contributed by atoms with Crippen molar-refractivity contribution in [2.45, 2.75) is 294 Å². The van der Waals surface area contributed by atoms with Crippen LogP contribution in [-0.2, 0) is 61.0 Å². The first-order chi connectivity index (χ1) is 35.9. The molecule has 0 aliphatic carbocycles. The molecular weight excluding hydrogens is 1020 g/mol. The number of rotatable bonds is 44. The molecule has 2 heterocycles. The highest BCUT2D eigenvalue weighted by molar-refractivity contribution is 7.46.